The summed E-state index contributed by atoms with van der Waals surface area (Å²) in [5.41, 5.74) is 0.709. The van der Waals surface area contributed by atoms with E-state index in [1.165, 1.54) is 11.8 Å². The maximum absolute atomic E-state index is 12.2. The zero-order chi connectivity index (χ0) is 16.2. The number of aromatic nitrogens is 3. The van der Waals surface area contributed by atoms with Crippen LogP contribution >= 0.6 is 34.7 Å². The lowest BCUT2D eigenvalue weighted by Crippen LogP contribution is -2.22. The van der Waals surface area contributed by atoms with Crippen LogP contribution in [0, 0.1) is 0 Å². The van der Waals surface area contributed by atoms with Crippen molar-refractivity contribution in [2.75, 3.05) is 5.32 Å². The summed E-state index contributed by atoms with van der Waals surface area (Å²) in [6.07, 6.45) is 0. The van der Waals surface area contributed by atoms with Gasteiger partial charge in [-0.2, -0.15) is 0 Å². The first kappa shape index (κ1) is 16.0. The average Bonchev–Trinajstić information content (AvgIpc) is 3.20. The largest absolute Gasteiger partial charge is 0.325 e. The highest BCUT2D eigenvalue weighted by Crippen LogP contribution is 2.25. The van der Waals surface area contributed by atoms with E-state index in [0.29, 0.717) is 21.7 Å². The fourth-order valence-corrected chi connectivity index (χ4v) is 3.33. The summed E-state index contributed by atoms with van der Waals surface area (Å²) >= 11 is 8.72. The molecule has 0 spiro atoms. The van der Waals surface area contributed by atoms with E-state index in [2.05, 4.69) is 20.5 Å². The summed E-state index contributed by atoms with van der Waals surface area (Å²) in [6, 6.07) is 10.9. The normalized spacial score (nSPS) is 12.1. The minimum atomic E-state index is -0.322. The second-order valence-electron chi connectivity index (χ2n) is 4.70. The Kier molecular flexibility index (Phi) is 5.00. The number of thioether (sulfide) groups is 1. The van der Waals surface area contributed by atoms with E-state index >= 15 is 0 Å². The van der Waals surface area contributed by atoms with E-state index in [0.717, 1.165) is 4.88 Å². The Morgan fingerprint density at radius 3 is 2.83 bits per heavy atom. The number of thiophene rings is 1. The van der Waals surface area contributed by atoms with Gasteiger partial charge in [-0.15, -0.1) is 16.4 Å². The summed E-state index contributed by atoms with van der Waals surface area (Å²) in [7, 11) is 0. The van der Waals surface area contributed by atoms with Crippen molar-refractivity contribution in [2.45, 2.75) is 17.3 Å². The van der Waals surface area contributed by atoms with Gasteiger partial charge in [-0.1, -0.05) is 29.4 Å². The second-order valence-corrected chi connectivity index (χ2v) is 7.39. The van der Waals surface area contributed by atoms with Crippen molar-refractivity contribution in [1.82, 2.24) is 15.2 Å². The molecule has 2 heterocycles. The zero-order valence-electron chi connectivity index (χ0n) is 12.1. The lowest BCUT2D eigenvalue weighted by atomic mass is 10.3. The van der Waals surface area contributed by atoms with Crippen molar-refractivity contribution in [1.29, 1.82) is 0 Å². The van der Waals surface area contributed by atoms with Crippen LogP contribution in [0.15, 0.2) is 46.9 Å². The number of nitrogens with zero attached hydrogens (tertiary/aromatic N) is 2. The van der Waals surface area contributed by atoms with Gasteiger partial charge in [0, 0.05) is 10.7 Å². The molecule has 3 aromatic rings. The van der Waals surface area contributed by atoms with Crippen LogP contribution in [-0.2, 0) is 4.79 Å². The number of carbonyl (C=O) groups excluding carboxylic acids is 1. The second kappa shape index (κ2) is 7.16. The Morgan fingerprint density at radius 2 is 2.13 bits per heavy atom. The number of hydrogen-bond acceptors (Lipinski definition) is 5. The smallest absolute Gasteiger partial charge is 0.237 e. The number of aromatic amines is 1. The van der Waals surface area contributed by atoms with Crippen LogP contribution in [0.25, 0.3) is 10.7 Å². The Bertz CT molecular complexity index is 786. The Hall–Kier alpha value is -1.83. The first-order chi connectivity index (χ1) is 11.1. The molecule has 0 aliphatic rings. The molecule has 0 saturated carbocycles. The maximum atomic E-state index is 12.2. The summed E-state index contributed by atoms with van der Waals surface area (Å²) in [4.78, 5) is 17.6. The molecule has 1 unspecified atom stereocenters. The van der Waals surface area contributed by atoms with E-state index in [1.54, 1.807) is 35.6 Å². The molecule has 0 bridgehead atoms. The number of rotatable bonds is 5. The molecule has 0 aliphatic heterocycles. The predicted octanol–water partition coefficient (Wildman–Crippen LogP) is 4.31. The minimum absolute atomic E-state index is 0.111. The molecule has 0 radical (unpaired) electrons. The quantitative estimate of drug-likeness (QED) is 0.662. The SMILES string of the molecule is CC(Sc1n[nH]c(-c2cccs2)n1)C(=O)Nc1ccc(Cl)cc1. The van der Waals surface area contributed by atoms with Gasteiger partial charge >= 0.3 is 0 Å². The number of H-pyrrole nitrogens is 1. The van der Waals surface area contributed by atoms with Crippen molar-refractivity contribution in [3.8, 4) is 10.7 Å². The molecule has 0 saturated heterocycles. The highest BCUT2D eigenvalue weighted by atomic mass is 35.5. The summed E-state index contributed by atoms with van der Waals surface area (Å²) in [5, 5.41) is 12.7. The molecule has 1 amide bonds. The van der Waals surface area contributed by atoms with Crippen molar-refractivity contribution in [3.05, 3.63) is 46.8 Å². The maximum Gasteiger partial charge on any atom is 0.237 e. The van der Waals surface area contributed by atoms with E-state index < -0.39 is 0 Å². The van der Waals surface area contributed by atoms with Gasteiger partial charge in [0.05, 0.1) is 10.1 Å². The van der Waals surface area contributed by atoms with Crippen LogP contribution in [0.2, 0.25) is 5.02 Å². The van der Waals surface area contributed by atoms with Gasteiger partial charge in [0.2, 0.25) is 11.1 Å². The molecule has 23 heavy (non-hydrogen) atoms. The van der Waals surface area contributed by atoms with Gasteiger partial charge < -0.3 is 5.32 Å². The molecule has 3 rings (SSSR count). The van der Waals surface area contributed by atoms with Crippen molar-refractivity contribution >= 4 is 46.3 Å². The molecule has 2 aromatic heterocycles. The highest BCUT2D eigenvalue weighted by molar-refractivity contribution is 8.00. The van der Waals surface area contributed by atoms with Gasteiger partial charge in [0.15, 0.2) is 5.82 Å². The molecule has 0 aliphatic carbocycles. The first-order valence-electron chi connectivity index (χ1n) is 6.81. The standard InChI is InChI=1S/C15H13ClN4OS2/c1-9(14(21)17-11-6-4-10(16)5-7-11)23-15-18-13(19-20-15)12-3-2-8-22-12/h2-9H,1H3,(H,17,21)(H,18,19,20). The van der Waals surface area contributed by atoms with Gasteiger partial charge in [-0.05, 0) is 42.6 Å². The van der Waals surface area contributed by atoms with Crippen LogP contribution in [0.3, 0.4) is 0 Å². The van der Waals surface area contributed by atoms with Crippen LogP contribution in [-0.4, -0.2) is 26.3 Å². The first-order valence-corrected chi connectivity index (χ1v) is 8.95. The predicted molar refractivity (Wildman–Crippen MR) is 95.1 cm³/mol. The van der Waals surface area contributed by atoms with E-state index in [-0.39, 0.29) is 11.2 Å². The Balaban J connectivity index is 1.61. The zero-order valence-corrected chi connectivity index (χ0v) is 14.5. The summed E-state index contributed by atoms with van der Waals surface area (Å²) in [5.74, 6) is 0.604. The third-order valence-electron chi connectivity index (χ3n) is 2.98. The van der Waals surface area contributed by atoms with E-state index in [4.69, 9.17) is 11.6 Å². The third kappa shape index (κ3) is 4.13. The Labute approximate surface area is 146 Å². The topological polar surface area (TPSA) is 70.7 Å². The van der Waals surface area contributed by atoms with Crippen LogP contribution in [0.4, 0.5) is 5.69 Å². The lowest BCUT2D eigenvalue weighted by molar-refractivity contribution is -0.115. The number of halogens is 1. The number of anilines is 1. The van der Waals surface area contributed by atoms with Crippen molar-refractivity contribution in [2.24, 2.45) is 0 Å². The van der Waals surface area contributed by atoms with Gasteiger partial charge in [-0.3, -0.25) is 9.89 Å². The molecule has 118 valence electrons. The van der Waals surface area contributed by atoms with E-state index in [1.807, 2.05) is 24.4 Å². The number of nitrogens with one attached hydrogen (secondary N) is 2. The van der Waals surface area contributed by atoms with Crippen molar-refractivity contribution in [3.63, 3.8) is 0 Å². The molecule has 8 heteroatoms. The fraction of sp³-hybridized carbons (Fsp3) is 0.133. The number of hydrogen-bond donors (Lipinski definition) is 2. The molecule has 5 nitrogen and oxygen atoms in total. The number of benzene rings is 1. The molecule has 1 atom stereocenters. The van der Waals surface area contributed by atoms with E-state index in [9.17, 15) is 4.79 Å². The third-order valence-corrected chi connectivity index (χ3v) is 5.07. The van der Waals surface area contributed by atoms with Crippen molar-refractivity contribution < 1.29 is 4.79 Å². The van der Waals surface area contributed by atoms with Crippen LogP contribution < -0.4 is 5.32 Å². The summed E-state index contributed by atoms with van der Waals surface area (Å²) < 4.78 is 0. The molecule has 1 aromatic carbocycles. The average molecular weight is 365 g/mol. The number of carbonyl (C=O) groups is 1. The highest BCUT2D eigenvalue weighted by Gasteiger charge is 2.17. The van der Waals surface area contributed by atoms with Crippen LogP contribution in [0.1, 0.15) is 6.92 Å². The summed E-state index contributed by atoms with van der Waals surface area (Å²) in [6.45, 7) is 1.82. The van der Waals surface area contributed by atoms with Gasteiger partial charge in [0.1, 0.15) is 0 Å². The molecular formula is C15H13ClN4OS2. The molecule has 2 N–H and O–H groups in total. The molecule has 0 fully saturated rings. The minimum Gasteiger partial charge on any atom is -0.325 e. The van der Waals surface area contributed by atoms with Crippen LogP contribution in [0.5, 0.6) is 0 Å². The fourth-order valence-electron chi connectivity index (χ4n) is 1.81. The Morgan fingerprint density at radius 1 is 1.35 bits per heavy atom. The lowest BCUT2D eigenvalue weighted by Gasteiger charge is -2.10. The number of amides is 1. The van der Waals surface area contributed by atoms with Gasteiger partial charge in [0.25, 0.3) is 0 Å². The molecular weight excluding hydrogens is 352 g/mol. The van der Waals surface area contributed by atoms with Gasteiger partial charge in [-0.25, -0.2) is 4.98 Å². The monoisotopic (exact) mass is 364 g/mol.